The van der Waals surface area contributed by atoms with Crippen molar-refractivity contribution >= 4 is 11.6 Å². The number of hydrogen-bond donors (Lipinski definition) is 1. The minimum absolute atomic E-state index is 0.232. The van der Waals surface area contributed by atoms with Crippen molar-refractivity contribution in [2.45, 2.75) is 26.8 Å². The monoisotopic (exact) mass is 311 g/mol. The number of nitro groups is 1. The molecule has 0 unspecified atom stereocenters. The fourth-order valence-electron chi connectivity index (χ4n) is 1.64. The summed E-state index contributed by atoms with van der Waals surface area (Å²) in [4.78, 5) is 33.3. The van der Waals surface area contributed by atoms with Gasteiger partial charge in [0.2, 0.25) is 5.91 Å². The standard InChI is InChI=1S/C14H21N3O5/c1-11(2)5-7-22-8-6-15-13(18)10-16-9-12(17(20)21)3-4-14(16)19/h3-4,9,11H,5-8,10H2,1-2H3,(H,15,18). The van der Waals surface area contributed by atoms with E-state index in [0.29, 0.717) is 25.7 Å². The van der Waals surface area contributed by atoms with Crippen LogP contribution in [0.25, 0.3) is 0 Å². The average Bonchev–Trinajstić information content (AvgIpc) is 2.44. The zero-order valence-electron chi connectivity index (χ0n) is 12.8. The minimum Gasteiger partial charge on any atom is -0.380 e. The molecule has 0 aliphatic rings. The highest BCUT2D eigenvalue weighted by molar-refractivity contribution is 5.75. The van der Waals surface area contributed by atoms with Gasteiger partial charge in [-0.2, -0.15) is 0 Å². The number of carbonyl (C=O) groups is 1. The summed E-state index contributed by atoms with van der Waals surface area (Å²) in [5.41, 5.74) is -0.696. The number of hydrogen-bond acceptors (Lipinski definition) is 5. The molecule has 0 atom stereocenters. The van der Waals surface area contributed by atoms with E-state index in [-0.39, 0.29) is 12.2 Å². The summed E-state index contributed by atoms with van der Waals surface area (Å²) in [7, 11) is 0. The van der Waals surface area contributed by atoms with E-state index in [9.17, 15) is 19.7 Å². The zero-order valence-corrected chi connectivity index (χ0v) is 12.8. The number of nitrogens with zero attached hydrogens (tertiary/aromatic N) is 2. The van der Waals surface area contributed by atoms with Crippen LogP contribution < -0.4 is 10.9 Å². The molecule has 0 radical (unpaired) electrons. The highest BCUT2D eigenvalue weighted by atomic mass is 16.6. The first-order valence-electron chi connectivity index (χ1n) is 7.09. The molecule has 1 rings (SSSR count). The van der Waals surface area contributed by atoms with E-state index in [0.717, 1.165) is 29.3 Å². The van der Waals surface area contributed by atoms with Crippen molar-refractivity contribution in [1.29, 1.82) is 0 Å². The maximum absolute atomic E-state index is 11.7. The molecule has 1 aromatic heterocycles. The van der Waals surface area contributed by atoms with Crippen molar-refractivity contribution < 1.29 is 14.5 Å². The van der Waals surface area contributed by atoms with Crippen molar-refractivity contribution in [3.05, 3.63) is 38.8 Å². The van der Waals surface area contributed by atoms with Gasteiger partial charge in [0.05, 0.1) is 17.7 Å². The second kappa shape index (κ2) is 8.93. The van der Waals surface area contributed by atoms with Gasteiger partial charge in [0, 0.05) is 25.3 Å². The molecule has 22 heavy (non-hydrogen) atoms. The molecule has 0 bridgehead atoms. The molecule has 0 aliphatic carbocycles. The highest BCUT2D eigenvalue weighted by Gasteiger charge is 2.10. The molecule has 0 saturated carbocycles. The van der Waals surface area contributed by atoms with Crippen LogP contribution in [0.4, 0.5) is 5.69 Å². The van der Waals surface area contributed by atoms with Gasteiger partial charge < -0.3 is 10.1 Å². The van der Waals surface area contributed by atoms with Crippen molar-refractivity contribution in [3.8, 4) is 0 Å². The molecule has 1 aromatic rings. The van der Waals surface area contributed by atoms with Crippen LogP contribution in [0.2, 0.25) is 0 Å². The Kier molecular flexibility index (Phi) is 7.24. The number of amides is 1. The van der Waals surface area contributed by atoms with Gasteiger partial charge in [0.25, 0.3) is 11.2 Å². The zero-order chi connectivity index (χ0) is 16.5. The summed E-state index contributed by atoms with van der Waals surface area (Å²) in [6.45, 7) is 5.30. The van der Waals surface area contributed by atoms with Gasteiger partial charge in [-0.15, -0.1) is 0 Å². The lowest BCUT2D eigenvalue weighted by Crippen LogP contribution is -2.33. The Morgan fingerprint density at radius 1 is 1.41 bits per heavy atom. The van der Waals surface area contributed by atoms with Crippen LogP contribution in [0, 0.1) is 16.0 Å². The molecule has 8 heteroatoms. The maximum atomic E-state index is 11.7. The number of pyridine rings is 1. The second-order valence-electron chi connectivity index (χ2n) is 5.26. The smallest absolute Gasteiger partial charge is 0.285 e. The normalized spacial score (nSPS) is 10.7. The molecule has 0 fully saturated rings. The first-order valence-corrected chi connectivity index (χ1v) is 7.09. The Bertz CT molecular complexity index is 568. The van der Waals surface area contributed by atoms with E-state index in [1.54, 1.807) is 0 Å². The predicted molar refractivity (Wildman–Crippen MR) is 80.6 cm³/mol. The van der Waals surface area contributed by atoms with E-state index in [2.05, 4.69) is 19.2 Å². The molecule has 1 heterocycles. The summed E-state index contributed by atoms with van der Waals surface area (Å²) < 4.78 is 6.35. The third-order valence-corrected chi connectivity index (χ3v) is 2.90. The fourth-order valence-corrected chi connectivity index (χ4v) is 1.64. The van der Waals surface area contributed by atoms with Crippen molar-refractivity contribution in [2.24, 2.45) is 5.92 Å². The third-order valence-electron chi connectivity index (χ3n) is 2.90. The number of aromatic nitrogens is 1. The molecule has 0 aliphatic heterocycles. The molecule has 8 nitrogen and oxygen atoms in total. The van der Waals surface area contributed by atoms with Crippen LogP contribution in [-0.4, -0.2) is 35.2 Å². The van der Waals surface area contributed by atoms with Gasteiger partial charge in [-0.1, -0.05) is 13.8 Å². The summed E-state index contributed by atoms with van der Waals surface area (Å²) in [5.74, 6) is 0.172. The summed E-state index contributed by atoms with van der Waals surface area (Å²) in [6, 6.07) is 2.18. The molecule has 122 valence electrons. The lowest BCUT2D eigenvalue weighted by molar-refractivity contribution is -0.385. The summed E-state index contributed by atoms with van der Waals surface area (Å²) >= 11 is 0. The SMILES string of the molecule is CC(C)CCOCCNC(=O)Cn1cc([N+](=O)[O-])ccc1=O. The number of carbonyl (C=O) groups excluding carboxylic acids is 1. The predicted octanol–water partition coefficient (Wildman–Crippen LogP) is 0.935. The molecule has 0 aromatic carbocycles. The Morgan fingerprint density at radius 3 is 2.77 bits per heavy atom. The van der Waals surface area contributed by atoms with Gasteiger partial charge in [-0.3, -0.25) is 24.3 Å². The molecule has 1 amide bonds. The molecule has 0 spiro atoms. The quantitative estimate of drug-likeness (QED) is 0.415. The van der Waals surface area contributed by atoms with Crippen molar-refractivity contribution in [1.82, 2.24) is 9.88 Å². The van der Waals surface area contributed by atoms with Gasteiger partial charge in [0.1, 0.15) is 6.54 Å². The molecule has 1 N–H and O–H groups in total. The fraction of sp³-hybridized carbons (Fsp3) is 0.571. The topological polar surface area (TPSA) is 103 Å². The largest absolute Gasteiger partial charge is 0.380 e. The Hall–Kier alpha value is -2.22. The van der Waals surface area contributed by atoms with Crippen LogP contribution in [0.1, 0.15) is 20.3 Å². The van der Waals surface area contributed by atoms with Gasteiger partial charge in [0.15, 0.2) is 0 Å². The van der Waals surface area contributed by atoms with E-state index in [1.807, 2.05) is 0 Å². The minimum atomic E-state index is -0.615. The molecule has 0 saturated heterocycles. The summed E-state index contributed by atoms with van der Waals surface area (Å²) in [5, 5.41) is 13.2. The Labute approximate surface area is 128 Å². The van der Waals surface area contributed by atoms with Crippen molar-refractivity contribution in [3.63, 3.8) is 0 Å². The maximum Gasteiger partial charge on any atom is 0.285 e. The van der Waals surface area contributed by atoms with Gasteiger partial charge >= 0.3 is 0 Å². The number of rotatable bonds is 9. The van der Waals surface area contributed by atoms with Crippen LogP contribution in [-0.2, 0) is 16.1 Å². The van der Waals surface area contributed by atoms with E-state index < -0.39 is 16.4 Å². The third kappa shape index (κ3) is 6.49. The van der Waals surface area contributed by atoms with Gasteiger partial charge in [-0.25, -0.2) is 0 Å². The lowest BCUT2D eigenvalue weighted by atomic mass is 10.1. The highest BCUT2D eigenvalue weighted by Crippen LogP contribution is 2.06. The lowest BCUT2D eigenvalue weighted by Gasteiger charge is -2.08. The Balaban J connectivity index is 2.38. The molecular formula is C14H21N3O5. The second-order valence-corrected chi connectivity index (χ2v) is 5.26. The number of nitrogens with one attached hydrogen (secondary N) is 1. The van der Waals surface area contributed by atoms with E-state index >= 15 is 0 Å². The van der Waals surface area contributed by atoms with Crippen LogP contribution in [0.15, 0.2) is 23.1 Å². The van der Waals surface area contributed by atoms with Crippen LogP contribution in [0.5, 0.6) is 0 Å². The van der Waals surface area contributed by atoms with Crippen LogP contribution in [0.3, 0.4) is 0 Å². The van der Waals surface area contributed by atoms with Crippen LogP contribution >= 0.6 is 0 Å². The van der Waals surface area contributed by atoms with E-state index in [1.165, 1.54) is 0 Å². The van der Waals surface area contributed by atoms with Gasteiger partial charge in [-0.05, 0) is 12.3 Å². The van der Waals surface area contributed by atoms with Crippen molar-refractivity contribution in [2.75, 3.05) is 19.8 Å². The van der Waals surface area contributed by atoms with E-state index in [4.69, 9.17) is 4.74 Å². The number of ether oxygens (including phenoxy) is 1. The summed E-state index contributed by atoms with van der Waals surface area (Å²) in [6.07, 6.45) is 2.01. The first kappa shape index (κ1) is 17.8. The Morgan fingerprint density at radius 2 is 2.14 bits per heavy atom. The molecular weight excluding hydrogens is 290 g/mol. The average molecular weight is 311 g/mol. The first-order chi connectivity index (χ1) is 10.4.